The number of ether oxygens (including phenoxy) is 1. The van der Waals surface area contributed by atoms with E-state index in [1.54, 1.807) is 0 Å². The topological polar surface area (TPSA) is 87.7 Å². The van der Waals surface area contributed by atoms with E-state index in [1.807, 2.05) is 0 Å². The number of benzene rings is 3. The third-order valence-electron chi connectivity index (χ3n) is 5.59. The Labute approximate surface area is 231 Å². The van der Waals surface area contributed by atoms with Crippen molar-refractivity contribution in [2.24, 2.45) is 0 Å². The molecule has 0 saturated heterocycles. The Morgan fingerprint density at radius 1 is 0.897 bits per heavy atom. The molecular formula is C25H23Cl2F5N2O4S. The number of aliphatic hydroxyl groups excluding tert-OH is 1. The second-order valence-electron chi connectivity index (χ2n) is 8.71. The van der Waals surface area contributed by atoms with Crippen molar-refractivity contribution in [3.8, 4) is 5.75 Å². The van der Waals surface area contributed by atoms with E-state index < -0.39 is 69.3 Å². The second-order valence-corrected chi connectivity index (χ2v) is 11.3. The molecule has 3 aromatic rings. The van der Waals surface area contributed by atoms with Crippen LogP contribution in [0.15, 0.2) is 42.5 Å². The molecule has 3 aromatic carbocycles. The number of hydrogen-bond donors (Lipinski definition) is 3. The Kier molecular flexibility index (Phi) is 10.1. The summed E-state index contributed by atoms with van der Waals surface area (Å²) in [7, 11) is -3.50. The molecule has 3 N–H and O–H groups in total. The molecule has 0 fully saturated rings. The van der Waals surface area contributed by atoms with E-state index in [0.717, 1.165) is 6.26 Å². The first-order valence-corrected chi connectivity index (χ1v) is 13.9. The van der Waals surface area contributed by atoms with Crippen molar-refractivity contribution < 1.29 is 40.2 Å². The molecule has 14 heteroatoms. The zero-order valence-corrected chi connectivity index (χ0v) is 22.7. The zero-order chi connectivity index (χ0) is 29.1. The van der Waals surface area contributed by atoms with Crippen molar-refractivity contribution in [1.82, 2.24) is 5.32 Å². The van der Waals surface area contributed by atoms with Gasteiger partial charge in [0.15, 0.2) is 29.5 Å². The molecule has 39 heavy (non-hydrogen) atoms. The van der Waals surface area contributed by atoms with Gasteiger partial charge in [0.05, 0.1) is 16.3 Å². The van der Waals surface area contributed by atoms with Crippen molar-refractivity contribution in [3.63, 3.8) is 0 Å². The first-order chi connectivity index (χ1) is 18.2. The molecule has 0 aliphatic rings. The molecular weight excluding hydrogens is 590 g/mol. The first kappa shape index (κ1) is 30.9. The van der Waals surface area contributed by atoms with Gasteiger partial charge in [-0.25, -0.2) is 30.4 Å². The fraction of sp³-hybridized carbons (Fsp3) is 0.280. The summed E-state index contributed by atoms with van der Waals surface area (Å²) in [5, 5.41) is 13.4. The summed E-state index contributed by atoms with van der Waals surface area (Å²) in [6.07, 6.45) is -1.88. The van der Waals surface area contributed by atoms with Crippen LogP contribution in [0, 0.1) is 29.1 Å². The van der Waals surface area contributed by atoms with Crippen LogP contribution >= 0.6 is 23.2 Å². The fourth-order valence-electron chi connectivity index (χ4n) is 3.68. The zero-order valence-electron chi connectivity index (χ0n) is 20.4. The average molecular weight is 613 g/mol. The number of aliphatic hydroxyl groups is 1. The molecule has 3 unspecified atom stereocenters. The minimum atomic E-state index is -3.50. The molecule has 0 heterocycles. The molecule has 212 valence electrons. The summed E-state index contributed by atoms with van der Waals surface area (Å²) < 4.78 is 101. The number of halogens is 7. The van der Waals surface area contributed by atoms with Crippen LogP contribution in [0.1, 0.15) is 24.0 Å². The molecule has 0 radical (unpaired) electrons. The van der Waals surface area contributed by atoms with E-state index >= 15 is 0 Å². The molecule has 0 aliphatic heterocycles. The van der Waals surface area contributed by atoms with Gasteiger partial charge in [0, 0.05) is 23.7 Å². The van der Waals surface area contributed by atoms with Crippen LogP contribution < -0.4 is 14.8 Å². The number of nitrogens with one attached hydrogen (secondary N) is 2. The maximum atomic E-state index is 14.5. The van der Waals surface area contributed by atoms with E-state index in [4.69, 9.17) is 27.9 Å². The van der Waals surface area contributed by atoms with Crippen molar-refractivity contribution in [2.45, 2.75) is 31.6 Å². The summed E-state index contributed by atoms with van der Waals surface area (Å²) in [4.78, 5) is 0. The highest BCUT2D eigenvalue weighted by atomic mass is 35.5. The number of rotatable bonds is 11. The lowest BCUT2D eigenvalue weighted by Crippen LogP contribution is -2.45. The van der Waals surface area contributed by atoms with E-state index in [9.17, 15) is 35.5 Å². The normalized spacial score (nSPS) is 14.1. The summed E-state index contributed by atoms with van der Waals surface area (Å²) in [5.74, 6) is -11.0. The Balaban J connectivity index is 1.87. The highest BCUT2D eigenvalue weighted by molar-refractivity contribution is 7.92. The second kappa shape index (κ2) is 12.7. The summed E-state index contributed by atoms with van der Waals surface area (Å²) >= 11 is 12.1. The van der Waals surface area contributed by atoms with Gasteiger partial charge < -0.3 is 9.84 Å². The van der Waals surface area contributed by atoms with Gasteiger partial charge in [0.1, 0.15) is 11.9 Å². The summed E-state index contributed by atoms with van der Waals surface area (Å²) in [6.45, 7) is 1.23. The highest BCUT2D eigenvalue weighted by Gasteiger charge is 2.29. The number of hydrogen-bond acceptors (Lipinski definition) is 5. The van der Waals surface area contributed by atoms with Crippen LogP contribution in [0.5, 0.6) is 5.75 Å². The van der Waals surface area contributed by atoms with Gasteiger partial charge in [-0.2, -0.15) is 0 Å². The van der Waals surface area contributed by atoms with E-state index in [0.29, 0.717) is 5.56 Å². The van der Waals surface area contributed by atoms with Crippen molar-refractivity contribution in [1.29, 1.82) is 0 Å². The molecule has 3 rings (SSSR count). The summed E-state index contributed by atoms with van der Waals surface area (Å²) in [5.41, 5.74) is -0.386. The molecule has 0 aliphatic carbocycles. The van der Waals surface area contributed by atoms with Crippen LogP contribution in [-0.2, 0) is 16.4 Å². The fourth-order valence-corrected chi connectivity index (χ4v) is 4.55. The summed E-state index contributed by atoms with van der Waals surface area (Å²) in [6, 6.07) is 10.0. The maximum absolute atomic E-state index is 14.5. The molecule has 3 atom stereocenters. The van der Waals surface area contributed by atoms with Gasteiger partial charge >= 0.3 is 0 Å². The molecule has 0 aromatic heterocycles. The van der Waals surface area contributed by atoms with E-state index in [-0.39, 0.29) is 28.0 Å². The lowest BCUT2D eigenvalue weighted by atomic mass is 9.91. The van der Waals surface area contributed by atoms with Crippen LogP contribution in [0.3, 0.4) is 0 Å². The average Bonchev–Trinajstić information content (AvgIpc) is 2.86. The minimum absolute atomic E-state index is 0.0997. The Bertz CT molecular complexity index is 1410. The van der Waals surface area contributed by atoms with Gasteiger partial charge in [-0.05, 0) is 55.3 Å². The monoisotopic (exact) mass is 612 g/mol. The van der Waals surface area contributed by atoms with Gasteiger partial charge in [0.2, 0.25) is 15.8 Å². The standard InChI is InChI=1S/C25H23Cl2F5N2O4S/c1-12(35)25(38-16-6-4-15(5-7-16)34-39(2,36)37)33-11-14(13-3-8-18(26)19(27)10-13)9-17-20(28)22(30)24(32)23(31)21(17)29/h3-8,10,12,14,25,33-35H,9,11H2,1-2H3. The van der Waals surface area contributed by atoms with Gasteiger partial charge in [0.25, 0.3) is 0 Å². The third kappa shape index (κ3) is 7.95. The van der Waals surface area contributed by atoms with Crippen molar-refractivity contribution in [3.05, 3.63) is 92.7 Å². The predicted molar refractivity (Wildman–Crippen MR) is 138 cm³/mol. The quantitative estimate of drug-likeness (QED) is 0.111. The predicted octanol–water partition coefficient (Wildman–Crippen LogP) is 5.76. The maximum Gasteiger partial charge on any atom is 0.229 e. The van der Waals surface area contributed by atoms with Crippen LogP contribution in [-0.4, -0.2) is 38.7 Å². The Morgan fingerprint density at radius 2 is 1.46 bits per heavy atom. The van der Waals surface area contributed by atoms with Gasteiger partial charge in [-0.3, -0.25) is 10.0 Å². The molecule has 0 saturated carbocycles. The molecule has 6 nitrogen and oxygen atoms in total. The van der Waals surface area contributed by atoms with Crippen LogP contribution in [0.2, 0.25) is 10.0 Å². The van der Waals surface area contributed by atoms with Crippen molar-refractivity contribution in [2.75, 3.05) is 17.5 Å². The third-order valence-corrected chi connectivity index (χ3v) is 6.94. The number of anilines is 1. The lowest BCUT2D eigenvalue weighted by Gasteiger charge is -2.27. The highest BCUT2D eigenvalue weighted by Crippen LogP contribution is 2.32. The Morgan fingerprint density at radius 3 is 1.97 bits per heavy atom. The van der Waals surface area contributed by atoms with Crippen LogP contribution in [0.4, 0.5) is 27.6 Å². The Hall–Kier alpha value is -2.64. The number of sulfonamides is 1. The largest absolute Gasteiger partial charge is 0.473 e. The molecule has 0 amide bonds. The van der Waals surface area contributed by atoms with E-state index in [2.05, 4.69) is 10.0 Å². The smallest absolute Gasteiger partial charge is 0.229 e. The lowest BCUT2D eigenvalue weighted by molar-refractivity contribution is 0.0261. The first-order valence-electron chi connectivity index (χ1n) is 11.3. The van der Waals surface area contributed by atoms with Crippen LogP contribution in [0.25, 0.3) is 0 Å². The minimum Gasteiger partial charge on any atom is -0.473 e. The van der Waals surface area contributed by atoms with Gasteiger partial charge in [-0.1, -0.05) is 29.3 Å². The van der Waals surface area contributed by atoms with Crippen molar-refractivity contribution >= 4 is 38.9 Å². The molecule has 0 bridgehead atoms. The SMILES string of the molecule is CC(O)C(NCC(Cc1c(F)c(F)c(F)c(F)c1F)c1ccc(Cl)c(Cl)c1)Oc1ccc(NS(C)(=O)=O)cc1. The van der Waals surface area contributed by atoms with Gasteiger partial charge in [-0.15, -0.1) is 0 Å². The molecule has 0 spiro atoms. The van der Waals surface area contributed by atoms with E-state index in [1.165, 1.54) is 49.4 Å².